The molecule has 1 amide bonds. The minimum Gasteiger partial charge on any atom is -0.343 e. The first-order valence-electron chi connectivity index (χ1n) is 9.49. The molecule has 1 aromatic heterocycles. The zero-order valence-electron chi connectivity index (χ0n) is 15.5. The molecule has 1 saturated heterocycles. The van der Waals surface area contributed by atoms with Crippen LogP contribution in [-0.2, 0) is 18.4 Å². The van der Waals surface area contributed by atoms with Crippen LogP contribution < -0.4 is 0 Å². The van der Waals surface area contributed by atoms with Gasteiger partial charge in [-0.05, 0) is 32.2 Å². The summed E-state index contributed by atoms with van der Waals surface area (Å²) in [5.41, 5.74) is 2.73. The summed E-state index contributed by atoms with van der Waals surface area (Å²) in [5.74, 6) is 1.48. The maximum atomic E-state index is 11.5. The maximum absolute atomic E-state index is 11.5. The van der Waals surface area contributed by atoms with Gasteiger partial charge in [0.05, 0.1) is 5.69 Å². The van der Waals surface area contributed by atoms with Crippen LogP contribution in [0.1, 0.15) is 62.6 Å². The van der Waals surface area contributed by atoms with Crippen LogP contribution in [0.5, 0.6) is 0 Å². The summed E-state index contributed by atoms with van der Waals surface area (Å²) in [5, 5.41) is 4.79. The van der Waals surface area contributed by atoms with Crippen LogP contribution in [0.3, 0.4) is 0 Å². The van der Waals surface area contributed by atoms with Crippen molar-refractivity contribution in [2.45, 2.75) is 57.9 Å². The second kappa shape index (κ2) is 7.68. The molecule has 1 aliphatic heterocycles. The van der Waals surface area contributed by atoms with E-state index in [1.54, 1.807) is 6.92 Å². The molecule has 3 rings (SSSR count). The van der Waals surface area contributed by atoms with E-state index < -0.39 is 0 Å². The minimum atomic E-state index is 0.215. The van der Waals surface area contributed by atoms with E-state index in [9.17, 15) is 4.79 Å². The van der Waals surface area contributed by atoms with Crippen molar-refractivity contribution in [3.8, 4) is 0 Å². The molecule has 1 aromatic rings. The van der Waals surface area contributed by atoms with E-state index in [1.807, 2.05) is 16.6 Å². The highest BCUT2D eigenvalue weighted by Crippen LogP contribution is 2.33. The summed E-state index contributed by atoms with van der Waals surface area (Å²) < 4.78 is 1.99. The lowest BCUT2D eigenvalue weighted by molar-refractivity contribution is -0.127. The van der Waals surface area contributed by atoms with Crippen molar-refractivity contribution in [2.75, 3.05) is 26.7 Å². The van der Waals surface area contributed by atoms with Crippen molar-refractivity contribution in [1.29, 1.82) is 0 Å². The van der Waals surface area contributed by atoms with Gasteiger partial charge in [-0.2, -0.15) is 5.10 Å². The molecule has 1 atom stereocenters. The molecule has 0 aromatic carbocycles. The minimum absolute atomic E-state index is 0.215. The number of rotatable bonds is 5. The summed E-state index contributed by atoms with van der Waals surface area (Å²) in [4.78, 5) is 15.9. The molecule has 0 bridgehead atoms. The molecule has 1 aliphatic carbocycles. The molecule has 0 spiro atoms. The van der Waals surface area contributed by atoms with Crippen molar-refractivity contribution in [1.82, 2.24) is 19.6 Å². The van der Waals surface area contributed by atoms with Crippen molar-refractivity contribution in [3.63, 3.8) is 0 Å². The van der Waals surface area contributed by atoms with Crippen LogP contribution in [0.2, 0.25) is 0 Å². The summed E-state index contributed by atoms with van der Waals surface area (Å²) in [6, 6.07) is 0. The Labute approximate surface area is 146 Å². The second-order valence-electron chi connectivity index (χ2n) is 7.86. The number of aryl methyl sites for hydroxylation is 1. The van der Waals surface area contributed by atoms with Gasteiger partial charge in [0.1, 0.15) is 0 Å². The molecule has 0 radical (unpaired) electrons. The van der Waals surface area contributed by atoms with Gasteiger partial charge in [-0.1, -0.05) is 19.3 Å². The predicted molar refractivity (Wildman–Crippen MR) is 95.7 cm³/mol. The Morgan fingerprint density at radius 1 is 1.29 bits per heavy atom. The first-order chi connectivity index (χ1) is 11.5. The van der Waals surface area contributed by atoms with Crippen LogP contribution in [-0.4, -0.2) is 52.2 Å². The molecule has 5 nitrogen and oxygen atoms in total. The number of aromatic nitrogens is 2. The normalized spacial score (nSPS) is 22.5. The summed E-state index contributed by atoms with van der Waals surface area (Å²) in [6.45, 7) is 5.55. The number of hydrogen-bond donors (Lipinski definition) is 0. The quantitative estimate of drug-likeness (QED) is 0.832. The van der Waals surface area contributed by atoms with Gasteiger partial charge < -0.3 is 9.80 Å². The van der Waals surface area contributed by atoms with Gasteiger partial charge >= 0.3 is 0 Å². The highest BCUT2D eigenvalue weighted by Gasteiger charge is 2.26. The topological polar surface area (TPSA) is 41.4 Å². The van der Waals surface area contributed by atoms with Crippen molar-refractivity contribution < 1.29 is 4.79 Å². The summed E-state index contributed by atoms with van der Waals surface area (Å²) in [6.07, 6.45) is 10.0. The zero-order chi connectivity index (χ0) is 17.1. The zero-order valence-corrected chi connectivity index (χ0v) is 15.5. The fourth-order valence-corrected chi connectivity index (χ4v) is 4.46. The number of likely N-dealkylation sites (tertiary alicyclic amines) is 1. The summed E-state index contributed by atoms with van der Waals surface area (Å²) in [7, 11) is 4.24. The lowest BCUT2D eigenvalue weighted by Gasteiger charge is -2.24. The standard InChI is InChI=1S/C19H32N4O/c1-15(24)23-10-9-16(12-23)11-21(2)13-18-14-22(3)20-19(18)17-7-5-4-6-8-17/h14,16-17H,4-13H2,1-3H3. The summed E-state index contributed by atoms with van der Waals surface area (Å²) >= 11 is 0. The monoisotopic (exact) mass is 332 g/mol. The Kier molecular flexibility index (Phi) is 5.59. The Balaban J connectivity index is 1.58. The molecule has 2 aliphatic rings. The third-order valence-corrected chi connectivity index (χ3v) is 5.67. The van der Waals surface area contributed by atoms with Crippen LogP contribution >= 0.6 is 0 Å². The van der Waals surface area contributed by atoms with Crippen LogP contribution in [0, 0.1) is 5.92 Å². The van der Waals surface area contributed by atoms with Gasteiger partial charge in [0.25, 0.3) is 0 Å². The van der Waals surface area contributed by atoms with E-state index >= 15 is 0 Å². The molecule has 134 valence electrons. The number of carbonyl (C=O) groups is 1. The number of carbonyl (C=O) groups excluding carboxylic acids is 1. The van der Waals surface area contributed by atoms with Gasteiger partial charge in [0.15, 0.2) is 0 Å². The average Bonchev–Trinajstić information content (AvgIpc) is 3.15. The lowest BCUT2D eigenvalue weighted by atomic mass is 9.85. The van der Waals surface area contributed by atoms with Crippen molar-refractivity contribution >= 4 is 5.91 Å². The predicted octanol–water partition coefficient (Wildman–Crippen LogP) is 2.77. The molecule has 5 heteroatoms. The van der Waals surface area contributed by atoms with Crippen molar-refractivity contribution in [2.24, 2.45) is 13.0 Å². The van der Waals surface area contributed by atoms with Crippen molar-refractivity contribution in [3.05, 3.63) is 17.5 Å². The smallest absolute Gasteiger partial charge is 0.219 e. The van der Waals surface area contributed by atoms with E-state index in [0.29, 0.717) is 11.8 Å². The van der Waals surface area contributed by atoms with Crippen LogP contribution in [0.25, 0.3) is 0 Å². The fraction of sp³-hybridized carbons (Fsp3) is 0.789. The first kappa shape index (κ1) is 17.5. The molecule has 2 heterocycles. The van der Waals surface area contributed by atoms with Gasteiger partial charge in [-0.25, -0.2) is 0 Å². The van der Waals surface area contributed by atoms with E-state index in [4.69, 9.17) is 5.10 Å². The molecular weight excluding hydrogens is 300 g/mol. The highest BCUT2D eigenvalue weighted by atomic mass is 16.2. The molecule has 1 saturated carbocycles. The third kappa shape index (κ3) is 4.18. The Morgan fingerprint density at radius 3 is 2.71 bits per heavy atom. The Morgan fingerprint density at radius 2 is 2.04 bits per heavy atom. The highest BCUT2D eigenvalue weighted by molar-refractivity contribution is 5.73. The SMILES string of the molecule is CC(=O)N1CCC(CN(C)Cc2cn(C)nc2C2CCCCC2)C1. The molecule has 2 fully saturated rings. The fourth-order valence-electron chi connectivity index (χ4n) is 4.46. The van der Waals surface area contributed by atoms with Gasteiger partial charge in [-0.3, -0.25) is 9.48 Å². The Bertz CT molecular complexity index is 562. The van der Waals surface area contributed by atoms with E-state index in [0.717, 1.165) is 32.6 Å². The largest absolute Gasteiger partial charge is 0.343 e. The van der Waals surface area contributed by atoms with E-state index in [1.165, 1.54) is 43.4 Å². The number of amides is 1. The van der Waals surface area contributed by atoms with Gasteiger partial charge in [0.2, 0.25) is 5.91 Å². The average molecular weight is 332 g/mol. The van der Waals surface area contributed by atoms with Crippen LogP contribution in [0.15, 0.2) is 6.20 Å². The number of nitrogens with zero attached hydrogens (tertiary/aromatic N) is 4. The molecular formula is C19H32N4O. The second-order valence-corrected chi connectivity index (χ2v) is 7.86. The molecule has 0 N–H and O–H groups in total. The van der Waals surface area contributed by atoms with Gasteiger partial charge in [0, 0.05) is 57.8 Å². The molecule has 24 heavy (non-hydrogen) atoms. The third-order valence-electron chi connectivity index (χ3n) is 5.67. The van der Waals surface area contributed by atoms with E-state index in [-0.39, 0.29) is 5.91 Å². The van der Waals surface area contributed by atoms with Gasteiger partial charge in [-0.15, -0.1) is 0 Å². The first-order valence-corrected chi connectivity index (χ1v) is 9.49. The lowest BCUT2D eigenvalue weighted by Crippen LogP contribution is -2.30. The maximum Gasteiger partial charge on any atom is 0.219 e. The Hall–Kier alpha value is -1.36. The molecule has 1 unspecified atom stereocenters. The number of hydrogen-bond acceptors (Lipinski definition) is 3. The van der Waals surface area contributed by atoms with E-state index in [2.05, 4.69) is 18.1 Å². The van der Waals surface area contributed by atoms with Crippen LogP contribution in [0.4, 0.5) is 0 Å².